The van der Waals surface area contributed by atoms with Crippen LogP contribution in [0.5, 0.6) is 0 Å². The molecular weight excluding hydrogens is 313 g/mol. The zero-order valence-corrected chi connectivity index (χ0v) is 12.7. The van der Waals surface area contributed by atoms with Gasteiger partial charge in [-0.2, -0.15) is 5.10 Å². The highest BCUT2D eigenvalue weighted by molar-refractivity contribution is 7.13. The van der Waals surface area contributed by atoms with Crippen molar-refractivity contribution in [3.05, 3.63) is 57.5 Å². The summed E-state index contributed by atoms with van der Waals surface area (Å²) in [5.41, 5.74) is 2.84. The maximum atomic E-state index is 6.14. The minimum Gasteiger partial charge on any atom is -0.378 e. The van der Waals surface area contributed by atoms with Crippen molar-refractivity contribution in [2.45, 2.75) is 6.54 Å². The van der Waals surface area contributed by atoms with Gasteiger partial charge in [-0.25, -0.2) is 0 Å². The predicted molar refractivity (Wildman–Crippen MR) is 85.7 cm³/mol. The fourth-order valence-corrected chi connectivity index (χ4v) is 3.22. The number of anilines is 1. The molecule has 3 nitrogen and oxygen atoms in total. The maximum Gasteiger partial charge on any atom is 0.0799 e. The normalized spacial score (nSPS) is 10.7. The molecule has 0 spiro atoms. The highest BCUT2D eigenvalue weighted by atomic mass is 35.5. The van der Waals surface area contributed by atoms with Gasteiger partial charge in [0.25, 0.3) is 0 Å². The van der Waals surface area contributed by atoms with Gasteiger partial charge < -0.3 is 5.32 Å². The molecule has 0 saturated heterocycles. The second-order valence-electron chi connectivity index (χ2n) is 4.20. The first-order valence-electron chi connectivity index (χ1n) is 5.99. The Kier molecular flexibility index (Phi) is 3.96. The maximum absolute atomic E-state index is 6.14. The van der Waals surface area contributed by atoms with Gasteiger partial charge >= 0.3 is 0 Å². The van der Waals surface area contributed by atoms with E-state index in [1.807, 2.05) is 35.8 Å². The Balaban J connectivity index is 1.82. The smallest absolute Gasteiger partial charge is 0.0799 e. The average Bonchev–Trinajstić information content (AvgIpc) is 3.08. The van der Waals surface area contributed by atoms with Crippen molar-refractivity contribution in [3.63, 3.8) is 0 Å². The van der Waals surface area contributed by atoms with Gasteiger partial charge in [0, 0.05) is 12.1 Å². The number of thiophene rings is 1. The Hall–Kier alpha value is -1.49. The van der Waals surface area contributed by atoms with Crippen LogP contribution in [0.1, 0.15) is 5.56 Å². The minimum absolute atomic E-state index is 0.604. The molecule has 6 heteroatoms. The number of rotatable bonds is 4. The van der Waals surface area contributed by atoms with E-state index < -0.39 is 0 Å². The van der Waals surface area contributed by atoms with E-state index in [4.69, 9.17) is 23.2 Å². The average molecular weight is 324 g/mol. The molecule has 0 aliphatic carbocycles. The summed E-state index contributed by atoms with van der Waals surface area (Å²) in [6, 6.07) is 9.52. The van der Waals surface area contributed by atoms with Crippen LogP contribution in [0.3, 0.4) is 0 Å². The fraction of sp³-hybridized carbons (Fsp3) is 0.0714. The van der Waals surface area contributed by atoms with Gasteiger partial charge in [0.05, 0.1) is 32.5 Å². The Morgan fingerprint density at radius 2 is 1.95 bits per heavy atom. The molecule has 2 heterocycles. The molecule has 2 N–H and O–H groups in total. The van der Waals surface area contributed by atoms with Crippen molar-refractivity contribution >= 4 is 40.2 Å². The first-order chi connectivity index (χ1) is 9.75. The largest absolute Gasteiger partial charge is 0.378 e. The van der Waals surface area contributed by atoms with Crippen LogP contribution in [0.25, 0.3) is 10.6 Å². The van der Waals surface area contributed by atoms with Crippen molar-refractivity contribution in [1.82, 2.24) is 10.2 Å². The highest BCUT2D eigenvalue weighted by Gasteiger charge is 2.10. The molecule has 2 aromatic heterocycles. The van der Waals surface area contributed by atoms with Gasteiger partial charge in [-0.15, -0.1) is 11.3 Å². The number of para-hydroxylation sites is 1. The van der Waals surface area contributed by atoms with E-state index >= 15 is 0 Å². The van der Waals surface area contributed by atoms with Gasteiger partial charge in [0.15, 0.2) is 0 Å². The second-order valence-corrected chi connectivity index (χ2v) is 5.96. The molecule has 0 radical (unpaired) electrons. The van der Waals surface area contributed by atoms with Gasteiger partial charge in [0.1, 0.15) is 0 Å². The summed E-state index contributed by atoms with van der Waals surface area (Å²) in [5.74, 6) is 0. The third-order valence-corrected chi connectivity index (χ3v) is 4.42. The Morgan fingerprint density at radius 3 is 2.65 bits per heavy atom. The monoisotopic (exact) mass is 323 g/mol. The van der Waals surface area contributed by atoms with E-state index in [0.717, 1.165) is 21.8 Å². The summed E-state index contributed by atoms with van der Waals surface area (Å²) in [5, 5.41) is 13.7. The van der Waals surface area contributed by atoms with Crippen molar-refractivity contribution in [2.75, 3.05) is 5.32 Å². The Morgan fingerprint density at radius 1 is 1.15 bits per heavy atom. The van der Waals surface area contributed by atoms with Crippen LogP contribution >= 0.6 is 34.5 Å². The van der Waals surface area contributed by atoms with E-state index in [9.17, 15) is 0 Å². The molecule has 3 aromatic rings. The van der Waals surface area contributed by atoms with Crippen LogP contribution in [0.2, 0.25) is 10.0 Å². The molecule has 20 heavy (non-hydrogen) atoms. The van der Waals surface area contributed by atoms with Crippen molar-refractivity contribution in [2.24, 2.45) is 0 Å². The van der Waals surface area contributed by atoms with Gasteiger partial charge in [-0.3, -0.25) is 5.10 Å². The van der Waals surface area contributed by atoms with Gasteiger partial charge in [-0.05, 0) is 23.6 Å². The summed E-state index contributed by atoms with van der Waals surface area (Å²) < 4.78 is 0. The number of aromatic amines is 1. The van der Waals surface area contributed by atoms with Crippen molar-refractivity contribution in [3.8, 4) is 10.6 Å². The Labute approximate surface area is 130 Å². The molecule has 0 amide bonds. The van der Waals surface area contributed by atoms with E-state index in [1.54, 1.807) is 11.3 Å². The lowest BCUT2D eigenvalue weighted by molar-refractivity contribution is 1.10. The quantitative estimate of drug-likeness (QED) is 0.704. The summed E-state index contributed by atoms with van der Waals surface area (Å²) in [4.78, 5) is 1.16. The number of benzene rings is 1. The second kappa shape index (κ2) is 5.87. The number of nitrogens with one attached hydrogen (secondary N) is 2. The summed E-state index contributed by atoms with van der Waals surface area (Å²) >= 11 is 14.0. The zero-order chi connectivity index (χ0) is 13.9. The number of aromatic nitrogens is 2. The Bertz CT molecular complexity index is 687. The first-order valence-corrected chi connectivity index (χ1v) is 7.63. The van der Waals surface area contributed by atoms with E-state index in [1.165, 1.54) is 0 Å². The van der Waals surface area contributed by atoms with E-state index in [-0.39, 0.29) is 0 Å². The van der Waals surface area contributed by atoms with Crippen LogP contribution in [0.15, 0.2) is 41.9 Å². The third kappa shape index (κ3) is 2.68. The molecule has 0 bridgehead atoms. The van der Waals surface area contributed by atoms with Crippen LogP contribution in [-0.4, -0.2) is 10.2 Å². The number of halogens is 2. The molecule has 0 aliphatic heterocycles. The lowest BCUT2D eigenvalue weighted by Crippen LogP contribution is -2.00. The first kappa shape index (κ1) is 13.5. The van der Waals surface area contributed by atoms with E-state index in [2.05, 4.69) is 21.6 Å². The van der Waals surface area contributed by atoms with Crippen molar-refractivity contribution < 1.29 is 0 Å². The lowest BCUT2D eigenvalue weighted by Gasteiger charge is -2.10. The van der Waals surface area contributed by atoms with E-state index in [0.29, 0.717) is 16.6 Å². The van der Waals surface area contributed by atoms with Gasteiger partial charge in [-0.1, -0.05) is 35.3 Å². The topological polar surface area (TPSA) is 40.7 Å². The van der Waals surface area contributed by atoms with Crippen molar-refractivity contribution in [1.29, 1.82) is 0 Å². The molecule has 0 fully saturated rings. The minimum atomic E-state index is 0.604. The molecule has 3 rings (SSSR count). The zero-order valence-electron chi connectivity index (χ0n) is 10.4. The molecule has 0 atom stereocenters. The summed E-state index contributed by atoms with van der Waals surface area (Å²) in [7, 11) is 0. The molecular formula is C14H11Cl2N3S. The highest BCUT2D eigenvalue weighted by Crippen LogP contribution is 2.31. The summed E-state index contributed by atoms with van der Waals surface area (Å²) in [6.07, 6.45) is 1.81. The number of H-pyrrole nitrogens is 1. The fourth-order valence-electron chi connectivity index (χ4n) is 1.93. The molecule has 0 aliphatic rings. The van der Waals surface area contributed by atoms with Crippen LogP contribution < -0.4 is 5.32 Å². The van der Waals surface area contributed by atoms with Crippen LogP contribution in [-0.2, 0) is 6.54 Å². The van der Waals surface area contributed by atoms with Gasteiger partial charge in [0.2, 0.25) is 0 Å². The molecule has 1 aromatic carbocycles. The SMILES string of the molecule is Clc1cccc(Cl)c1NCc1cn[nH]c1-c1cccs1. The third-order valence-electron chi connectivity index (χ3n) is 2.90. The standard InChI is InChI=1S/C14H11Cl2N3S/c15-10-3-1-4-11(16)14(10)17-7-9-8-18-19-13(9)12-5-2-6-20-12/h1-6,8,17H,7H2,(H,18,19). The summed E-state index contributed by atoms with van der Waals surface area (Å²) in [6.45, 7) is 0.604. The number of hydrogen-bond donors (Lipinski definition) is 2. The lowest BCUT2D eigenvalue weighted by atomic mass is 10.2. The molecule has 102 valence electrons. The predicted octanol–water partition coefficient (Wildman–Crippen LogP) is 5.06. The van der Waals surface area contributed by atoms with Crippen LogP contribution in [0.4, 0.5) is 5.69 Å². The molecule has 0 unspecified atom stereocenters. The number of nitrogens with zero attached hydrogens (tertiary/aromatic N) is 1. The van der Waals surface area contributed by atoms with Crippen LogP contribution in [0, 0.1) is 0 Å². The molecule has 0 saturated carbocycles. The number of hydrogen-bond acceptors (Lipinski definition) is 3.